The van der Waals surface area contributed by atoms with Gasteiger partial charge in [-0.15, -0.1) is 0 Å². The number of halogens is 2. The molecule has 1 aliphatic heterocycles. The number of benzene rings is 1. The van der Waals surface area contributed by atoms with E-state index < -0.39 is 17.7 Å². The van der Waals surface area contributed by atoms with Crippen LogP contribution in [0.15, 0.2) is 42.7 Å². The van der Waals surface area contributed by atoms with Gasteiger partial charge in [-0.1, -0.05) is 0 Å². The largest absolute Gasteiger partial charge is 0.347 e. The number of carbonyl (C=O) groups is 2. The van der Waals surface area contributed by atoms with Crippen LogP contribution in [0, 0.1) is 17.6 Å². The summed E-state index contributed by atoms with van der Waals surface area (Å²) in [5, 5.41) is 5.51. The zero-order valence-electron chi connectivity index (χ0n) is 14.4. The van der Waals surface area contributed by atoms with Crippen molar-refractivity contribution in [3.05, 3.63) is 59.9 Å². The molecular weight excluding hydrogens is 354 g/mol. The Kier molecular flexibility index (Phi) is 4.47. The van der Waals surface area contributed by atoms with Gasteiger partial charge in [0.1, 0.15) is 11.6 Å². The summed E-state index contributed by atoms with van der Waals surface area (Å²) >= 11 is 0. The second-order valence-corrected chi connectivity index (χ2v) is 6.97. The highest BCUT2D eigenvalue weighted by Gasteiger charge is 2.47. The Hall–Kier alpha value is -3.03. The number of likely N-dealkylation sites (tertiary alicyclic amines) is 1. The van der Waals surface area contributed by atoms with E-state index in [9.17, 15) is 18.4 Å². The summed E-state index contributed by atoms with van der Waals surface area (Å²) in [4.78, 5) is 30.5. The van der Waals surface area contributed by atoms with Crippen LogP contribution in [0.1, 0.15) is 23.2 Å². The van der Waals surface area contributed by atoms with Crippen LogP contribution in [0.3, 0.4) is 0 Å². The van der Waals surface area contributed by atoms with Gasteiger partial charge in [0, 0.05) is 36.7 Å². The molecule has 6 nitrogen and oxygen atoms in total. The molecule has 3 amide bonds. The number of piperidine rings is 1. The van der Waals surface area contributed by atoms with E-state index in [-0.39, 0.29) is 23.7 Å². The van der Waals surface area contributed by atoms with E-state index in [0.29, 0.717) is 18.0 Å². The number of rotatable bonds is 3. The fourth-order valence-electron chi connectivity index (χ4n) is 3.98. The number of nitrogens with zero attached hydrogens (tertiary/aromatic N) is 2. The Morgan fingerprint density at radius 2 is 1.93 bits per heavy atom. The van der Waals surface area contributed by atoms with Gasteiger partial charge < -0.3 is 15.5 Å². The molecule has 0 spiro atoms. The molecule has 3 atom stereocenters. The molecule has 1 aliphatic carbocycles. The molecule has 2 aliphatic rings. The maximum atomic E-state index is 13.3. The molecule has 4 rings (SSSR count). The zero-order chi connectivity index (χ0) is 19.0. The minimum Gasteiger partial charge on any atom is -0.347 e. The van der Waals surface area contributed by atoms with E-state index in [1.165, 1.54) is 6.20 Å². The first-order valence-electron chi connectivity index (χ1n) is 8.74. The summed E-state index contributed by atoms with van der Waals surface area (Å²) in [6.07, 6.45) is 4.68. The number of anilines is 1. The van der Waals surface area contributed by atoms with Crippen molar-refractivity contribution >= 4 is 17.6 Å². The van der Waals surface area contributed by atoms with Crippen LogP contribution in [0.4, 0.5) is 19.3 Å². The molecule has 0 radical (unpaired) electrons. The zero-order valence-corrected chi connectivity index (χ0v) is 14.4. The first kappa shape index (κ1) is 17.4. The number of hydrogen-bond acceptors (Lipinski definition) is 3. The maximum absolute atomic E-state index is 13.3. The molecule has 27 heavy (non-hydrogen) atoms. The number of carbonyl (C=O) groups excluding carboxylic acids is 2. The lowest BCUT2D eigenvalue weighted by atomic mass is 10.1. The van der Waals surface area contributed by atoms with Crippen LogP contribution < -0.4 is 10.6 Å². The number of hydrogen-bond donors (Lipinski definition) is 2. The fraction of sp³-hybridized carbons (Fsp3) is 0.316. The predicted octanol–water partition coefficient (Wildman–Crippen LogP) is 2.78. The van der Waals surface area contributed by atoms with Gasteiger partial charge in [0.05, 0.1) is 11.6 Å². The molecule has 2 aromatic rings. The van der Waals surface area contributed by atoms with Crippen molar-refractivity contribution in [2.45, 2.75) is 24.9 Å². The smallest absolute Gasteiger partial charge is 0.322 e. The van der Waals surface area contributed by atoms with E-state index in [1.54, 1.807) is 23.2 Å². The van der Waals surface area contributed by atoms with Gasteiger partial charge in [0.2, 0.25) is 0 Å². The normalized spacial score (nSPS) is 23.3. The first-order valence-corrected chi connectivity index (χ1v) is 8.74. The number of fused-ring (bicyclic) bond motifs is 2. The second-order valence-electron chi connectivity index (χ2n) is 6.97. The van der Waals surface area contributed by atoms with Gasteiger partial charge in [0.15, 0.2) is 0 Å². The highest BCUT2D eigenvalue weighted by Crippen LogP contribution is 2.38. The summed E-state index contributed by atoms with van der Waals surface area (Å²) in [6, 6.07) is 5.52. The van der Waals surface area contributed by atoms with Crippen molar-refractivity contribution in [1.82, 2.24) is 15.2 Å². The molecule has 1 saturated carbocycles. The molecule has 1 aromatic heterocycles. The molecule has 8 heteroatoms. The van der Waals surface area contributed by atoms with Crippen LogP contribution in [0.5, 0.6) is 0 Å². The van der Waals surface area contributed by atoms with Crippen LogP contribution >= 0.6 is 0 Å². The van der Waals surface area contributed by atoms with Gasteiger partial charge in [0.25, 0.3) is 5.91 Å². The van der Waals surface area contributed by atoms with E-state index in [2.05, 4.69) is 15.6 Å². The molecule has 3 unspecified atom stereocenters. The van der Waals surface area contributed by atoms with Crippen molar-refractivity contribution in [1.29, 1.82) is 0 Å². The van der Waals surface area contributed by atoms with Gasteiger partial charge >= 0.3 is 6.03 Å². The van der Waals surface area contributed by atoms with Gasteiger partial charge in [-0.25, -0.2) is 13.6 Å². The van der Waals surface area contributed by atoms with Crippen LogP contribution in [0.2, 0.25) is 0 Å². The third kappa shape index (κ3) is 3.60. The molecular formula is C19H18F2N4O2. The Bertz CT molecular complexity index is 857. The number of urea groups is 1. The van der Waals surface area contributed by atoms with E-state index >= 15 is 0 Å². The van der Waals surface area contributed by atoms with Crippen LogP contribution in [0.25, 0.3) is 0 Å². The van der Waals surface area contributed by atoms with E-state index in [0.717, 1.165) is 31.0 Å². The lowest BCUT2D eigenvalue weighted by molar-refractivity contribution is 0.0905. The first-order chi connectivity index (χ1) is 13.0. The minimum atomic E-state index is -0.755. The summed E-state index contributed by atoms with van der Waals surface area (Å²) in [5.74, 6) is -1.44. The molecule has 2 heterocycles. The average Bonchev–Trinajstić information content (AvgIpc) is 3.22. The Morgan fingerprint density at radius 3 is 2.59 bits per heavy atom. The Morgan fingerprint density at radius 1 is 1.15 bits per heavy atom. The van der Waals surface area contributed by atoms with Gasteiger partial charge in [-0.05, 0) is 43.0 Å². The third-order valence-electron chi connectivity index (χ3n) is 5.10. The molecule has 1 saturated heterocycles. The molecule has 2 bridgehead atoms. The number of nitrogens with one attached hydrogen (secondary N) is 2. The van der Waals surface area contributed by atoms with Gasteiger partial charge in [-0.3, -0.25) is 9.78 Å². The maximum Gasteiger partial charge on any atom is 0.322 e. The quantitative estimate of drug-likeness (QED) is 0.870. The lowest BCUT2D eigenvalue weighted by Crippen LogP contribution is -2.53. The minimum absolute atomic E-state index is 0.0659. The third-order valence-corrected chi connectivity index (χ3v) is 5.10. The summed E-state index contributed by atoms with van der Waals surface area (Å²) in [5.41, 5.74) is 0.530. The average molecular weight is 372 g/mol. The SMILES string of the molecule is O=C(NC1CC2CC1N(C(=O)Nc1cc(F)cc(F)c1)C2)c1cccnc1. The van der Waals surface area contributed by atoms with Crippen molar-refractivity contribution in [3.63, 3.8) is 0 Å². The highest BCUT2D eigenvalue weighted by molar-refractivity contribution is 5.94. The molecule has 1 aromatic carbocycles. The Labute approximate surface area is 154 Å². The molecule has 140 valence electrons. The number of aromatic nitrogens is 1. The second kappa shape index (κ2) is 6.94. The fourth-order valence-corrected chi connectivity index (χ4v) is 3.98. The topological polar surface area (TPSA) is 74.3 Å². The van der Waals surface area contributed by atoms with Crippen molar-refractivity contribution < 1.29 is 18.4 Å². The van der Waals surface area contributed by atoms with Crippen molar-refractivity contribution in [2.75, 3.05) is 11.9 Å². The van der Waals surface area contributed by atoms with E-state index in [1.807, 2.05) is 0 Å². The van der Waals surface area contributed by atoms with E-state index in [4.69, 9.17) is 0 Å². The standard InChI is InChI=1S/C19H18F2N4O2/c20-13-6-14(21)8-15(7-13)23-19(27)25-10-11-4-16(17(25)5-11)24-18(26)12-2-1-3-22-9-12/h1-3,6-9,11,16-17H,4-5,10H2,(H,23,27)(H,24,26). The predicted molar refractivity (Wildman–Crippen MR) is 94.1 cm³/mol. The summed E-state index contributed by atoms with van der Waals surface area (Å²) < 4.78 is 26.6. The highest BCUT2D eigenvalue weighted by atomic mass is 19.1. The Balaban J connectivity index is 1.43. The molecule has 2 fully saturated rings. The monoisotopic (exact) mass is 372 g/mol. The number of amides is 3. The van der Waals surface area contributed by atoms with Crippen LogP contribution in [-0.2, 0) is 0 Å². The van der Waals surface area contributed by atoms with Crippen molar-refractivity contribution in [3.8, 4) is 0 Å². The van der Waals surface area contributed by atoms with Crippen LogP contribution in [-0.4, -0.2) is 40.5 Å². The lowest BCUT2D eigenvalue weighted by Gasteiger charge is -2.33. The van der Waals surface area contributed by atoms with Crippen molar-refractivity contribution in [2.24, 2.45) is 5.92 Å². The molecule has 2 N–H and O–H groups in total. The van der Waals surface area contributed by atoms with Gasteiger partial charge in [-0.2, -0.15) is 0 Å². The number of pyridine rings is 1. The summed E-state index contributed by atoms with van der Waals surface area (Å²) in [7, 11) is 0. The summed E-state index contributed by atoms with van der Waals surface area (Å²) in [6.45, 7) is 0.563.